The molecule has 1 aromatic carbocycles. The molecule has 0 radical (unpaired) electrons. The second kappa shape index (κ2) is 7.00. The van der Waals surface area contributed by atoms with Gasteiger partial charge < -0.3 is 4.90 Å². The van der Waals surface area contributed by atoms with Gasteiger partial charge in [-0.1, -0.05) is 42.1 Å². The number of aromatic nitrogens is 2. The molecule has 1 amide bonds. The van der Waals surface area contributed by atoms with Crippen LogP contribution in [0.1, 0.15) is 33.5 Å². The third-order valence-corrected chi connectivity index (χ3v) is 7.05. The summed E-state index contributed by atoms with van der Waals surface area (Å²) in [5.74, 6) is 0.849. The maximum Gasteiger partial charge on any atom is 0.240 e. The highest BCUT2D eigenvalue weighted by molar-refractivity contribution is 8.00. The average molecular weight is 384 g/mol. The Kier molecular flexibility index (Phi) is 4.71. The van der Waals surface area contributed by atoms with Gasteiger partial charge in [0, 0.05) is 24.4 Å². The fourth-order valence-electron chi connectivity index (χ4n) is 3.38. The van der Waals surface area contributed by atoms with Gasteiger partial charge >= 0.3 is 0 Å². The van der Waals surface area contributed by atoms with E-state index in [0.29, 0.717) is 0 Å². The zero-order valence-electron chi connectivity index (χ0n) is 15.2. The van der Waals surface area contributed by atoms with Gasteiger partial charge in [-0.2, -0.15) is 0 Å². The van der Waals surface area contributed by atoms with Crippen LogP contribution in [0, 0.1) is 6.92 Å². The molecule has 1 aliphatic carbocycles. The van der Waals surface area contributed by atoms with E-state index in [-0.39, 0.29) is 11.2 Å². The first kappa shape index (κ1) is 17.5. The summed E-state index contributed by atoms with van der Waals surface area (Å²) in [4.78, 5) is 26.5. The van der Waals surface area contributed by atoms with E-state index in [9.17, 15) is 4.79 Å². The third-order valence-electron chi connectivity index (χ3n) is 4.64. The topological polar surface area (TPSA) is 46.1 Å². The third kappa shape index (κ3) is 3.12. The van der Waals surface area contributed by atoms with Gasteiger partial charge in [0.25, 0.3) is 0 Å². The molecule has 0 N–H and O–H groups in total. The highest BCUT2D eigenvalue weighted by atomic mass is 32.2. The lowest BCUT2D eigenvalue weighted by Gasteiger charge is -2.20. The van der Waals surface area contributed by atoms with E-state index in [2.05, 4.69) is 4.98 Å². The Hall–Kier alpha value is -1.92. The average Bonchev–Trinajstić information content (AvgIpc) is 3.20. The van der Waals surface area contributed by atoms with Gasteiger partial charge in [0.15, 0.2) is 0 Å². The molecule has 2 heterocycles. The maximum absolute atomic E-state index is 12.9. The predicted molar refractivity (Wildman–Crippen MR) is 108 cm³/mol. The Morgan fingerprint density at radius 2 is 1.96 bits per heavy atom. The number of benzene rings is 1. The van der Waals surface area contributed by atoms with E-state index < -0.39 is 0 Å². The Labute approximate surface area is 161 Å². The minimum absolute atomic E-state index is 0.0810. The lowest BCUT2D eigenvalue weighted by atomic mass is 10.1. The number of nitrogens with zero attached hydrogens (tertiary/aromatic N) is 3. The van der Waals surface area contributed by atoms with Crippen molar-refractivity contribution in [3.63, 3.8) is 0 Å². The predicted octanol–water partition coefficient (Wildman–Crippen LogP) is 4.41. The molecule has 0 saturated heterocycles. The number of hydrogen-bond donors (Lipinski definition) is 0. The van der Waals surface area contributed by atoms with Gasteiger partial charge in [-0.05, 0) is 37.3 Å². The van der Waals surface area contributed by atoms with Crippen LogP contribution in [0.4, 0.5) is 0 Å². The standard InChI is InChI=1S/C20H21N3OS2/c1-12-21-18-16(14-10-7-11-15(14)25-18)19(22-12)26-17(20(24)23(2)3)13-8-5-4-6-9-13/h4-6,8-9,17H,7,10-11H2,1-3H3/t17-/m0/s1. The van der Waals surface area contributed by atoms with Crippen LogP contribution in [-0.2, 0) is 17.6 Å². The SMILES string of the molecule is Cc1nc(S[C@H](C(=O)N(C)C)c2ccccc2)c2c3c(sc2n1)CCC3. The Bertz CT molecular complexity index is 966. The summed E-state index contributed by atoms with van der Waals surface area (Å²) in [5.41, 5.74) is 2.41. The number of carbonyl (C=O) groups excluding carboxylic acids is 1. The molecule has 0 aliphatic heterocycles. The molecule has 1 aliphatic rings. The highest BCUT2D eigenvalue weighted by Crippen LogP contribution is 2.44. The summed E-state index contributed by atoms with van der Waals surface area (Å²) in [6, 6.07) is 9.97. The second-order valence-electron chi connectivity index (χ2n) is 6.75. The molecule has 2 aromatic heterocycles. The zero-order chi connectivity index (χ0) is 18.3. The molecule has 0 spiro atoms. The summed E-state index contributed by atoms with van der Waals surface area (Å²) < 4.78 is 0. The molecule has 134 valence electrons. The van der Waals surface area contributed by atoms with Crippen LogP contribution in [0.25, 0.3) is 10.2 Å². The number of aryl methyl sites for hydroxylation is 3. The molecule has 4 rings (SSSR count). The normalized spacial score (nSPS) is 14.4. The number of carbonyl (C=O) groups is 1. The molecule has 26 heavy (non-hydrogen) atoms. The van der Waals surface area contributed by atoms with E-state index in [1.807, 2.05) is 51.4 Å². The van der Waals surface area contributed by atoms with Crippen molar-refractivity contribution in [3.8, 4) is 0 Å². The van der Waals surface area contributed by atoms with Crippen LogP contribution in [0.2, 0.25) is 0 Å². The van der Waals surface area contributed by atoms with E-state index in [4.69, 9.17) is 4.98 Å². The van der Waals surface area contributed by atoms with Crippen LogP contribution in [0.15, 0.2) is 35.4 Å². The van der Waals surface area contributed by atoms with Crippen molar-refractivity contribution < 1.29 is 4.79 Å². The minimum atomic E-state index is -0.305. The molecular formula is C20H21N3OS2. The molecule has 0 fully saturated rings. The van der Waals surface area contributed by atoms with Crippen molar-refractivity contribution in [2.45, 2.75) is 36.5 Å². The summed E-state index contributed by atoms with van der Waals surface area (Å²) in [5, 5.41) is 1.81. The van der Waals surface area contributed by atoms with Crippen molar-refractivity contribution in [1.29, 1.82) is 0 Å². The van der Waals surface area contributed by atoms with Gasteiger partial charge in [-0.25, -0.2) is 9.97 Å². The first-order valence-electron chi connectivity index (χ1n) is 8.76. The van der Waals surface area contributed by atoms with Gasteiger partial charge in [-0.15, -0.1) is 11.3 Å². The smallest absolute Gasteiger partial charge is 0.240 e. The van der Waals surface area contributed by atoms with Crippen molar-refractivity contribution in [3.05, 3.63) is 52.2 Å². The molecule has 3 aromatic rings. The zero-order valence-corrected chi connectivity index (χ0v) is 16.8. The largest absolute Gasteiger partial charge is 0.348 e. The van der Waals surface area contributed by atoms with Crippen molar-refractivity contribution >= 4 is 39.2 Å². The van der Waals surface area contributed by atoms with Crippen molar-refractivity contribution in [2.24, 2.45) is 0 Å². The van der Waals surface area contributed by atoms with Gasteiger partial charge in [0.05, 0.1) is 0 Å². The lowest BCUT2D eigenvalue weighted by molar-refractivity contribution is -0.128. The Morgan fingerprint density at radius 1 is 1.19 bits per heavy atom. The number of hydrogen-bond acceptors (Lipinski definition) is 5. The molecule has 1 atom stereocenters. The van der Waals surface area contributed by atoms with E-state index >= 15 is 0 Å². The van der Waals surface area contributed by atoms with E-state index in [0.717, 1.165) is 34.1 Å². The van der Waals surface area contributed by atoms with Crippen LogP contribution in [0.3, 0.4) is 0 Å². The molecule has 4 nitrogen and oxygen atoms in total. The van der Waals surface area contributed by atoms with Crippen LogP contribution in [0.5, 0.6) is 0 Å². The maximum atomic E-state index is 12.9. The first-order valence-corrected chi connectivity index (χ1v) is 10.5. The number of rotatable bonds is 4. The van der Waals surface area contributed by atoms with Crippen molar-refractivity contribution in [1.82, 2.24) is 14.9 Å². The van der Waals surface area contributed by atoms with E-state index in [1.54, 1.807) is 28.0 Å². The fraction of sp³-hybridized carbons (Fsp3) is 0.350. The number of amides is 1. The molecule has 0 bridgehead atoms. The number of fused-ring (bicyclic) bond motifs is 3. The quantitative estimate of drug-likeness (QED) is 0.494. The number of likely N-dealkylation sites (N-methyl/N-ethyl adjacent to an activating group) is 1. The minimum Gasteiger partial charge on any atom is -0.348 e. The van der Waals surface area contributed by atoms with Gasteiger partial charge in [-0.3, -0.25) is 4.79 Å². The summed E-state index contributed by atoms with van der Waals surface area (Å²) >= 11 is 3.35. The highest BCUT2D eigenvalue weighted by Gasteiger charge is 2.28. The fourth-order valence-corrected chi connectivity index (χ4v) is 6.11. The Balaban J connectivity index is 1.82. The van der Waals surface area contributed by atoms with Crippen LogP contribution in [-0.4, -0.2) is 34.9 Å². The summed E-state index contributed by atoms with van der Waals surface area (Å²) in [6.07, 6.45) is 3.43. The van der Waals surface area contributed by atoms with Crippen molar-refractivity contribution in [2.75, 3.05) is 14.1 Å². The van der Waals surface area contributed by atoms with Crippen LogP contribution < -0.4 is 0 Å². The Morgan fingerprint density at radius 3 is 2.69 bits per heavy atom. The molecular weight excluding hydrogens is 362 g/mol. The second-order valence-corrected chi connectivity index (χ2v) is 8.93. The number of thiophene rings is 1. The van der Waals surface area contributed by atoms with Crippen LogP contribution >= 0.6 is 23.1 Å². The van der Waals surface area contributed by atoms with E-state index in [1.165, 1.54) is 22.2 Å². The summed E-state index contributed by atoms with van der Waals surface area (Å²) in [7, 11) is 3.61. The lowest BCUT2D eigenvalue weighted by Crippen LogP contribution is -2.26. The van der Waals surface area contributed by atoms with Gasteiger partial charge in [0.1, 0.15) is 20.9 Å². The number of thioether (sulfide) groups is 1. The molecule has 0 saturated carbocycles. The molecule has 6 heteroatoms. The molecule has 0 unspecified atom stereocenters. The summed E-state index contributed by atoms with van der Waals surface area (Å²) in [6.45, 7) is 1.93. The first-order chi connectivity index (χ1) is 12.5. The van der Waals surface area contributed by atoms with Gasteiger partial charge in [0.2, 0.25) is 5.91 Å². The monoisotopic (exact) mass is 383 g/mol.